The molecular formula is C21H16N2O2S. The normalized spacial score (nSPS) is 17.2. The zero-order valence-corrected chi connectivity index (χ0v) is 14.9. The molecule has 1 aromatic heterocycles. The van der Waals surface area contributed by atoms with Crippen molar-refractivity contribution < 1.29 is 9.59 Å². The molecule has 0 radical (unpaired) electrons. The van der Waals surface area contributed by atoms with E-state index in [4.69, 9.17) is 4.98 Å². The predicted molar refractivity (Wildman–Crippen MR) is 101 cm³/mol. The van der Waals surface area contributed by atoms with Crippen molar-refractivity contribution in [2.24, 2.45) is 0 Å². The van der Waals surface area contributed by atoms with Crippen molar-refractivity contribution >= 4 is 34.8 Å². The summed E-state index contributed by atoms with van der Waals surface area (Å²) in [6.07, 6.45) is 11.0. The van der Waals surface area contributed by atoms with Gasteiger partial charge in [0.25, 0.3) is 11.8 Å². The second kappa shape index (κ2) is 5.88. The first-order chi connectivity index (χ1) is 12.7. The second-order valence-electron chi connectivity index (χ2n) is 6.61. The number of allylic oxidation sites excluding steroid dienone is 4. The number of carbonyl (C=O) groups excluding carboxylic acids is 2. The Labute approximate surface area is 154 Å². The molecule has 2 aliphatic carbocycles. The lowest BCUT2D eigenvalue weighted by Crippen LogP contribution is -2.31. The maximum Gasteiger partial charge on any atom is 0.261 e. The van der Waals surface area contributed by atoms with Gasteiger partial charge in [-0.2, -0.15) is 0 Å². The van der Waals surface area contributed by atoms with Gasteiger partial charge in [0.15, 0.2) is 0 Å². The number of aryl methyl sites for hydroxylation is 1. The Morgan fingerprint density at radius 3 is 2.65 bits per heavy atom. The summed E-state index contributed by atoms with van der Waals surface area (Å²) in [4.78, 5) is 30.9. The molecule has 2 aromatic rings. The first kappa shape index (κ1) is 15.5. The van der Waals surface area contributed by atoms with Gasteiger partial charge in [0.1, 0.15) is 0 Å². The van der Waals surface area contributed by atoms with Crippen LogP contribution < -0.4 is 9.88 Å². The van der Waals surface area contributed by atoms with Crippen molar-refractivity contribution in [2.75, 3.05) is 6.54 Å². The summed E-state index contributed by atoms with van der Waals surface area (Å²) in [5, 5.41) is 2.19. The fourth-order valence-corrected chi connectivity index (χ4v) is 4.80. The molecule has 0 bridgehead atoms. The molecule has 0 fully saturated rings. The average Bonchev–Trinajstić information content (AvgIpc) is 3.28. The maximum atomic E-state index is 12.4. The average molecular weight is 360 g/mol. The number of imide groups is 1. The Morgan fingerprint density at radius 1 is 1.12 bits per heavy atom. The quantitative estimate of drug-likeness (QED) is 0.786. The molecule has 0 saturated heterocycles. The van der Waals surface area contributed by atoms with E-state index in [9.17, 15) is 9.59 Å². The molecule has 1 aliphatic heterocycles. The van der Waals surface area contributed by atoms with Crippen LogP contribution in [0.2, 0.25) is 0 Å². The Hall–Kier alpha value is -2.79. The molecule has 4 nitrogen and oxygen atoms in total. The van der Waals surface area contributed by atoms with Gasteiger partial charge in [-0.15, -0.1) is 11.3 Å². The fraction of sp³-hybridized carbons (Fsp3) is 0.190. The molecule has 2 heterocycles. The van der Waals surface area contributed by atoms with Crippen LogP contribution in [0.4, 0.5) is 0 Å². The third-order valence-corrected chi connectivity index (χ3v) is 6.07. The van der Waals surface area contributed by atoms with Crippen LogP contribution >= 0.6 is 11.3 Å². The number of rotatable bonds is 4. The van der Waals surface area contributed by atoms with Crippen molar-refractivity contribution in [1.82, 2.24) is 9.88 Å². The highest BCUT2D eigenvalue weighted by Gasteiger charge is 2.34. The number of amides is 2. The number of fused-ring (bicyclic) bond motifs is 3. The minimum absolute atomic E-state index is 0.181. The lowest BCUT2D eigenvalue weighted by Gasteiger charge is -2.12. The van der Waals surface area contributed by atoms with Gasteiger partial charge in [-0.25, -0.2) is 4.98 Å². The summed E-state index contributed by atoms with van der Waals surface area (Å²) >= 11 is 1.71. The van der Waals surface area contributed by atoms with E-state index in [1.165, 1.54) is 20.6 Å². The predicted octanol–water partition coefficient (Wildman–Crippen LogP) is 2.20. The summed E-state index contributed by atoms with van der Waals surface area (Å²) < 4.78 is 1.23. The molecule has 2 amide bonds. The van der Waals surface area contributed by atoms with Crippen LogP contribution in [0.15, 0.2) is 48.1 Å². The molecule has 1 aromatic carbocycles. The Kier molecular flexibility index (Phi) is 3.50. The van der Waals surface area contributed by atoms with Gasteiger partial charge in [0.2, 0.25) is 0 Å². The SMILES string of the molecule is O=C1c2ccccc2C(=O)N1CCCc1nc2c(s1)=CC1=CC=CCC=21. The summed E-state index contributed by atoms with van der Waals surface area (Å²) in [7, 11) is 0. The van der Waals surface area contributed by atoms with E-state index < -0.39 is 0 Å². The van der Waals surface area contributed by atoms with Crippen LogP contribution in [0.1, 0.15) is 38.6 Å². The third-order valence-electron chi connectivity index (χ3n) is 5.00. The van der Waals surface area contributed by atoms with E-state index in [-0.39, 0.29) is 11.8 Å². The Morgan fingerprint density at radius 2 is 1.88 bits per heavy atom. The highest BCUT2D eigenvalue weighted by molar-refractivity contribution is 7.09. The lowest BCUT2D eigenvalue weighted by molar-refractivity contribution is 0.0652. The first-order valence-electron chi connectivity index (χ1n) is 8.75. The zero-order chi connectivity index (χ0) is 17.7. The molecule has 3 aliphatic rings. The lowest BCUT2D eigenvalue weighted by atomic mass is 10.0. The summed E-state index contributed by atoms with van der Waals surface area (Å²) in [6, 6.07) is 7.03. The molecule has 0 saturated carbocycles. The monoisotopic (exact) mass is 360 g/mol. The molecular weight excluding hydrogens is 344 g/mol. The Balaban J connectivity index is 1.29. The second-order valence-corrected chi connectivity index (χ2v) is 7.72. The van der Waals surface area contributed by atoms with Crippen molar-refractivity contribution in [3.8, 4) is 0 Å². The number of carbonyl (C=O) groups is 2. The van der Waals surface area contributed by atoms with Gasteiger partial charge < -0.3 is 0 Å². The van der Waals surface area contributed by atoms with Gasteiger partial charge in [-0.1, -0.05) is 30.4 Å². The Bertz CT molecular complexity index is 1100. The smallest absolute Gasteiger partial charge is 0.261 e. The van der Waals surface area contributed by atoms with Crippen LogP contribution in [0.25, 0.3) is 11.6 Å². The summed E-state index contributed by atoms with van der Waals surface area (Å²) in [5.74, 6) is -0.361. The van der Waals surface area contributed by atoms with Gasteiger partial charge in [-0.05, 0) is 42.2 Å². The molecule has 26 heavy (non-hydrogen) atoms. The minimum atomic E-state index is -0.181. The maximum absolute atomic E-state index is 12.4. The molecule has 0 atom stereocenters. The molecule has 0 N–H and O–H groups in total. The number of aromatic nitrogens is 1. The van der Waals surface area contributed by atoms with Crippen LogP contribution in [0.5, 0.6) is 0 Å². The van der Waals surface area contributed by atoms with E-state index in [0.717, 1.165) is 29.6 Å². The molecule has 5 rings (SSSR count). The van der Waals surface area contributed by atoms with E-state index >= 15 is 0 Å². The molecule has 128 valence electrons. The first-order valence-corrected chi connectivity index (χ1v) is 9.57. The van der Waals surface area contributed by atoms with Crippen LogP contribution in [0, 0.1) is 0 Å². The minimum Gasteiger partial charge on any atom is -0.274 e. The van der Waals surface area contributed by atoms with E-state index in [2.05, 4.69) is 24.3 Å². The van der Waals surface area contributed by atoms with Crippen molar-refractivity contribution in [3.63, 3.8) is 0 Å². The number of thiazole rings is 1. The van der Waals surface area contributed by atoms with Crippen molar-refractivity contribution in [1.29, 1.82) is 0 Å². The number of nitrogens with zero attached hydrogens (tertiary/aromatic N) is 2. The van der Waals surface area contributed by atoms with E-state index in [1.54, 1.807) is 35.6 Å². The zero-order valence-electron chi connectivity index (χ0n) is 14.1. The third kappa shape index (κ3) is 2.31. The standard InChI is InChI=1S/C21H16N2O2S/c24-20-15-8-3-4-9-16(15)21(25)23(20)11-5-10-18-22-19-14-7-2-1-6-13(14)12-17(19)26-18/h1-4,6,8-9,12H,5,7,10-11H2. The van der Waals surface area contributed by atoms with Gasteiger partial charge in [-0.3, -0.25) is 14.5 Å². The van der Waals surface area contributed by atoms with Gasteiger partial charge in [0, 0.05) is 13.0 Å². The summed E-state index contributed by atoms with van der Waals surface area (Å²) in [6.45, 7) is 0.435. The summed E-state index contributed by atoms with van der Waals surface area (Å²) in [5.41, 5.74) is 3.62. The highest BCUT2D eigenvalue weighted by atomic mass is 32.1. The molecule has 0 unspecified atom stereocenters. The van der Waals surface area contributed by atoms with Gasteiger partial charge in [0.05, 0.1) is 26.0 Å². The largest absolute Gasteiger partial charge is 0.274 e. The van der Waals surface area contributed by atoms with Crippen molar-refractivity contribution in [3.05, 3.63) is 74.1 Å². The van der Waals surface area contributed by atoms with Crippen molar-refractivity contribution in [2.45, 2.75) is 19.3 Å². The van der Waals surface area contributed by atoms with E-state index in [1.807, 2.05) is 0 Å². The molecule has 0 spiro atoms. The van der Waals surface area contributed by atoms with Crippen LogP contribution in [-0.4, -0.2) is 28.2 Å². The number of hydrogen-bond acceptors (Lipinski definition) is 4. The van der Waals surface area contributed by atoms with Crippen LogP contribution in [-0.2, 0) is 6.42 Å². The highest BCUT2D eigenvalue weighted by Crippen LogP contribution is 2.24. The van der Waals surface area contributed by atoms with E-state index in [0.29, 0.717) is 17.7 Å². The number of hydrogen-bond donors (Lipinski definition) is 0. The fourth-order valence-electron chi connectivity index (χ4n) is 3.72. The molecule has 5 heteroatoms. The number of benzene rings is 1. The van der Waals surface area contributed by atoms with Crippen LogP contribution in [0.3, 0.4) is 0 Å². The van der Waals surface area contributed by atoms with Gasteiger partial charge >= 0.3 is 0 Å². The topological polar surface area (TPSA) is 50.3 Å².